The van der Waals surface area contributed by atoms with Gasteiger partial charge in [-0.1, -0.05) is 6.92 Å². The van der Waals surface area contributed by atoms with Gasteiger partial charge in [-0.2, -0.15) is 0 Å². The number of hydrogen-bond donors (Lipinski definition) is 0. The minimum absolute atomic E-state index is 0.0574. The largest absolute Gasteiger partial charge is 0.375 e. The SMILES string of the molecule is CCC1CC(OSI)C(OSI)CO1. The molecule has 3 atom stereocenters. The van der Waals surface area contributed by atoms with E-state index in [0.29, 0.717) is 12.7 Å². The second-order valence-electron chi connectivity index (χ2n) is 2.99. The Bertz CT molecular complexity index is 164. The molecular formula is C7H12I2O3S2. The number of rotatable bonds is 5. The van der Waals surface area contributed by atoms with E-state index in [1.54, 1.807) is 0 Å². The highest BCUT2D eigenvalue weighted by molar-refractivity contribution is 14.2. The Morgan fingerprint density at radius 2 is 1.93 bits per heavy atom. The summed E-state index contributed by atoms with van der Waals surface area (Å²) >= 11 is 4.25. The molecule has 1 saturated heterocycles. The molecule has 1 rings (SSSR count). The molecule has 0 amide bonds. The summed E-state index contributed by atoms with van der Waals surface area (Å²) in [7, 11) is 2.72. The van der Waals surface area contributed by atoms with E-state index in [1.165, 1.54) is 18.4 Å². The van der Waals surface area contributed by atoms with Crippen LogP contribution < -0.4 is 0 Å². The molecule has 3 nitrogen and oxygen atoms in total. The summed E-state index contributed by atoms with van der Waals surface area (Å²) in [6.07, 6.45) is 2.49. The number of hydrogen-bond acceptors (Lipinski definition) is 5. The van der Waals surface area contributed by atoms with Gasteiger partial charge in [-0.15, -0.1) is 0 Å². The summed E-state index contributed by atoms with van der Waals surface area (Å²) in [5, 5.41) is 0. The fourth-order valence-electron chi connectivity index (χ4n) is 1.39. The summed E-state index contributed by atoms with van der Waals surface area (Å²) in [4.78, 5) is 0. The first-order chi connectivity index (χ1) is 6.81. The Morgan fingerprint density at radius 1 is 1.29 bits per heavy atom. The zero-order valence-corrected chi connectivity index (χ0v) is 13.6. The molecule has 0 bridgehead atoms. The smallest absolute Gasteiger partial charge is 0.124 e. The van der Waals surface area contributed by atoms with Gasteiger partial charge in [-0.05, 0) is 6.42 Å². The van der Waals surface area contributed by atoms with Crippen molar-refractivity contribution < 1.29 is 13.1 Å². The van der Waals surface area contributed by atoms with Crippen LogP contribution in [0.15, 0.2) is 0 Å². The molecular weight excluding hydrogens is 450 g/mol. The molecule has 0 aromatic heterocycles. The maximum Gasteiger partial charge on any atom is 0.124 e. The minimum atomic E-state index is 0.0574. The minimum Gasteiger partial charge on any atom is -0.375 e. The molecule has 14 heavy (non-hydrogen) atoms. The molecule has 0 spiro atoms. The quantitative estimate of drug-likeness (QED) is 0.456. The van der Waals surface area contributed by atoms with Crippen LogP contribution in [-0.4, -0.2) is 24.9 Å². The molecule has 84 valence electrons. The zero-order valence-electron chi connectivity index (χ0n) is 7.65. The van der Waals surface area contributed by atoms with E-state index in [-0.39, 0.29) is 12.2 Å². The van der Waals surface area contributed by atoms with Crippen LogP contribution >= 0.6 is 60.8 Å². The number of halogens is 2. The third-order valence-corrected chi connectivity index (χ3v) is 4.07. The lowest BCUT2D eigenvalue weighted by Crippen LogP contribution is -2.42. The van der Waals surface area contributed by atoms with E-state index in [1.807, 2.05) is 0 Å². The second-order valence-corrected chi connectivity index (χ2v) is 5.79. The van der Waals surface area contributed by atoms with Crippen molar-refractivity contribution in [1.29, 1.82) is 0 Å². The van der Waals surface area contributed by atoms with Crippen LogP contribution in [0.5, 0.6) is 0 Å². The third kappa shape index (κ3) is 4.50. The molecule has 1 aliphatic heterocycles. The fraction of sp³-hybridized carbons (Fsp3) is 1.00. The Morgan fingerprint density at radius 3 is 2.50 bits per heavy atom. The molecule has 1 fully saturated rings. The van der Waals surface area contributed by atoms with Gasteiger partial charge in [-0.25, -0.2) is 0 Å². The van der Waals surface area contributed by atoms with Gasteiger partial charge in [0.2, 0.25) is 0 Å². The summed E-state index contributed by atoms with van der Waals surface area (Å²) < 4.78 is 16.7. The first-order valence-electron chi connectivity index (χ1n) is 4.31. The van der Waals surface area contributed by atoms with E-state index in [0.717, 1.165) is 12.8 Å². The van der Waals surface area contributed by atoms with Crippen LogP contribution in [0.25, 0.3) is 0 Å². The standard InChI is InChI=1S/C7H12I2O3S2/c1-2-5-3-6(11-13-8)7(4-10-5)12-14-9/h5-7H,2-4H2,1H3. The molecule has 1 aliphatic rings. The summed E-state index contributed by atoms with van der Waals surface area (Å²) in [6.45, 7) is 2.77. The lowest BCUT2D eigenvalue weighted by molar-refractivity contribution is -0.0918. The Labute approximate surface area is 117 Å². The van der Waals surface area contributed by atoms with Gasteiger partial charge in [0, 0.05) is 48.8 Å². The van der Waals surface area contributed by atoms with Gasteiger partial charge in [0.1, 0.15) is 12.2 Å². The summed E-state index contributed by atoms with van der Waals surface area (Å²) in [5.41, 5.74) is 0. The van der Waals surface area contributed by atoms with Crippen molar-refractivity contribution in [2.24, 2.45) is 0 Å². The van der Waals surface area contributed by atoms with Crippen LogP contribution in [-0.2, 0) is 13.1 Å². The molecule has 0 aromatic rings. The maximum absolute atomic E-state index is 5.64. The third-order valence-electron chi connectivity index (χ3n) is 2.18. The maximum atomic E-state index is 5.64. The van der Waals surface area contributed by atoms with E-state index in [9.17, 15) is 0 Å². The lowest BCUT2D eigenvalue weighted by atomic mass is 10.0. The van der Waals surface area contributed by atoms with Gasteiger partial charge in [0.25, 0.3) is 0 Å². The summed E-state index contributed by atoms with van der Waals surface area (Å²) in [6, 6.07) is 0. The van der Waals surface area contributed by atoms with Gasteiger partial charge in [0.15, 0.2) is 0 Å². The van der Waals surface area contributed by atoms with E-state index >= 15 is 0 Å². The van der Waals surface area contributed by atoms with Gasteiger partial charge < -0.3 is 4.74 Å². The Balaban J connectivity index is 2.42. The van der Waals surface area contributed by atoms with E-state index in [4.69, 9.17) is 13.1 Å². The monoisotopic (exact) mass is 462 g/mol. The average Bonchev–Trinajstić information content (AvgIpc) is 2.21. The zero-order chi connectivity index (χ0) is 10.4. The van der Waals surface area contributed by atoms with E-state index in [2.05, 4.69) is 49.3 Å². The molecule has 0 aliphatic carbocycles. The van der Waals surface area contributed by atoms with Gasteiger partial charge in [-0.3, -0.25) is 8.37 Å². The predicted molar refractivity (Wildman–Crippen MR) is 77.6 cm³/mol. The van der Waals surface area contributed by atoms with Gasteiger partial charge >= 0.3 is 0 Å². The fourth-order valence-corrected chi connectivity index (χ4v) is 3.55. The molecule has 0 N–H and O–H groups in total. The molecule has 7 heteroatoms. The summed E-state index contributed by atoms with van der Waals surface area (Å²) in [5.74, 6) is 0. The highest BCUT2D eigenvalue weighted by Crippen LogP contribution is 2.30. The molecule has 1 heterocycles. The second kappa shape index (κ2) is 8.18. The van der Waals surface area contributed by atoms with Crippen molar-refractivity contribution in [2.75, 3.05) is 6.61 Å². The first kappa shape index (κ1) is 14.1. The van der Waals surface area contributed by atoms with Crippen molar-refractivity contribution in [3.05, 3.63) is 0 Å². The van der Waals surface area contributed by atoms with Crippen molar-refractivity contribution in [3.8, 4) is 0 Å². The predicted octanol–water partition coefficient (Wildman–Crippen LogP) is 3.95. The first-order valence-corrected chi connectivity index (χ1v) is 10.9. The molecule has 0 aromatic carbocycles. The normalized spacial score (nSPS) is 33.2. The lowest BCUT2D eigenvalue weighted by Gasteiger charge is -2.33. The Hall–Kier alpha value is 2.04. The van der Waals surface area contributed by atoms with Crippen LogP contribution in [0.3, 0.4) is 0 Å². The molecule has 3 unspecified atom stereocenters. The van der Waals surface area contributed by atoms with Crippen molar-refractivity contribution in [1.82, 2.24) is 0 Å². The Kier molecular flexibility index (Phi) is 8.24. The van der Waals surface area contributed by atoms with Crippen molar-refractivity contribution in [2.45, 2.75) is 38.1 Å². The van der Waals surface area contributed by atoms with Crippen LogP contribution in [0, 0.1) is 0 Å². The van der Waals surface area contributed by atoms with Crippen molar-refractivity contribution >= 4 is 60.8 Å². The van der Waals surface area contributed by atoms with Crippen LogP contribution in [0.4, 0.5) is 0 Å². The highest BCUT2D eigenvalue weighted by atomic mass is 127. The number of ether oxygens (including phenoxy) is 1. The average molecular weight is 462 g/mol. The molecule has 0 saturated carbocycles. The van der Waals surface area contributed by atoms with Gasteiger partial charge in [0.05, 0.1) is 31.1 Å². The van der Waals surface area contributed by atoms with Crippen LogP contribution in [0.2, 0.25) is 0 Å². The van der Waals surface area contributed by atoms with Crippen molar-refractivity contribution in [3.63, 3.8) is 0 Å². The topological polar surface area (TPSA) is 27.7 Å². The van der Waals surface area contributed by atoms with Crippen LogP contribution in [0.1, 0.15) is 19.8 Å². The molecule has 0 radical (unpaired) electrons. The van der Waals surface area contributed by atoms with E-state index < -0.39 is 0 Å². The highest BCUT2D eigenvalue weighted by Gasteiger charge is 2.32.